The quantitative estimate of drug-likeness (QED) is 0.346. The predicted molar refractivity (Wildman–Crippen MR) is 131 cm³/mol. The fourth-order valence-electron chi connectivity index (χ4n) is 4.04. The number of carbonyl (C=O) groups excluding carboxylic acids is 2. The Morgan fingerprint density at radius 3 is 2.51 bits per heavy atom. The molecular formula is C24H23Cl2FN5O3+. The number of nitrogen functional groups attached to an aromatic ring is 1. The maximum absolute atomic E-state index is 13.7. The molecule has 1 aliphatic heterocycles. The Hall–Kier alpha value is -3.27. The van der Waals surface area contributed by atoms with Gasteiger partial charge in [0.1, 0.15) is 5.82 Å². The number of halogens is 3. The summed E-state index contributed by atoms with van der Waals surface area (Å²) < 4.78 is 19.1. The number of nitrogens with zero attached hydrogens (tertiary/aromatic N) is 3. The molecule has 0 aliphatic carbocycles. The van der Waals surface area contributed by atoms with Crippen LogP contribution in [0, 0.1) is 5.82 Å². The smallest absolute Gasteiger partial charge is 0.430 e. The largest absolute Gasteiger partial charge is 0.489 e. The number of urea groups is 1. The van der Waals surface area contributed by atoms with Crippen LogP contribution in [-0.2, 0) is 6.42 Å². The van der Waals surface area contributed by atoms with Gasteiger partial charge in [-0.2, -0.15) is 4.48 Å². The average molecular weight is 519 g/mol. The number of quaternary nitrogens is 1. The zero-order chi connectivity index (χ0) is 25.0. The van der Waals surface area contributed by atoms with Crippen molar-refractivity contribution in [3.63, 3.8) is 0 Å². The first-order valence-corrected chi connectivity index (χ1v) is 11.7. The van der Waals surface area contributed by atoms with Crippen LogP contribution in [0.4, 0.5) is 20.8 Å². The topological polar surface area (TPSA) is 107 Å². The minimum atomic E-state index is -0.579. The lowest BCUT2D eigenvalue weighted by atomic mass is 10.1. The van der Waals surface area contributed by atoms with Crippen LogP contribution in [0.1, 0.15) is 28.8 Å². The second kappa shape index (κ2) is 10.6. The van der Waals surface area contributed by atoms with Crippen LogP contribution in [0.15, 0.2) is 48.5 Å². The van der Waals surface area contributed by atoms with Crippen molar-refractivity contribution in [2.24, 2.45) is 0 Å². The van der Waals surface area contributed by atoms with Crippen molar-refractivity contribution in [3.8, 4) is 5.75 Å². The number of rotatable bonds is 6. The number of carbonyl (C=O) groups is 2. The van der Waals surface area contributed by atoms with Crippen molar-refractivity contribution in [2.75, 3.05) is 30.7 Å². The Morgan fingerprint density at radius 2 is 1.80 bits per heavy atom. The molecule has 0 radical (unpaired) electrons. The summed E-state index contributed by atoms with van der Waals surface area (Å²) in [5, 5.41) is 10.7. The number of nitrogens with two attached hydrogens (primary N) is 1. The zero-order valence-electron chi connectivity index (χ0n) is 18.6. The first-order valence-electron chi connectivity index (χ1n) is 11.0. The van der Waals surface area contributed by atoms with E-state index >= 15 is 0 Å². The van der Waals surface area contributed by atoms with Crippen LogP contribution >= 0.6 is 23.2 Å². The van der Waals surface area contributed by atoms with Gasteiger partial charge in [0.05, 0.1) is 30.3 Å². The fourth-order valence-corrected chi connectivity index (χ4v) is 4.60. The molecule has 1 saturated heterocycles. The summed E-state index contributed by atoms with van der Waals surface area (Å²) in [5.41, 5.74) is 6.74. The van der Waals surface area contributed by atoms with Crippen molar-refractivity contribution >= 4 is 46.8 Å². The number of amides is 3. The third kappa shape index (κ3) is 5.22. The van der Waals surface area contributed by atoms with Gasteiger partial charge in [-0.05, 0) is 29.8 Å². The second-order valence-corrected chi connectivity index (χ2v) is 8.91. The number of likely N-dealkylation sites (tertiary alicyclic amines) is 1. The summed E-state index contributed by atoms with van der Waals surface area (Å²) in [5.74, 6) is -0.591. The van der Waals surface area contributed by atoms with Gasteiger partial charge in [-0.25, -0.2) is 14.0 Å². The number of benzene rings is 2. The number of aromatic nitrogens is 2. The number of nitrogens with one attached hydrogen (secondary N) is 1. The maximum atomic E-state index is 13.7. The van der Waals surface area contributed by atoms with Crippen LogP contribution in [0.3, 0.4) is 0 Å². The van der Waals surface area contributed by atoms with Crippen LogP contribution in [0.5, 0.6) is 5.75 Å². The SMILES string of the molecule is Nc1nnc(NC(=O)[N+]2(C(=O)c3ccccc3)CCCC2)cc1OCCc1c(Cl)ccc(F)c1Cl. The third-order valence-electron chi connectivity index (χ3n) is 5.90. The summed E-state index contributed by atoms with van der Waals surface area (Å²) in [6.45, 7) is 0.847. The molecule has 2 heterocycles. The van der Waals surface area contributed by atoms with Crippen molar-refractivity contribution in [3.05, 3.63) is 75.5 Å². The molecule has 35 heavy (non-hydrogen) atoms. The maximum Gasteiger partial charge on any atom is 0.430 e. The first kappa shape index (κ1) is 24.8. The molecule has 11 heteroatoms. The van der Waals surface area contributed by atoms with Gasteiger partial charge < -0.3 is 10.5 Å². The summed E-state index contributed by atoms with van der Waals surface area (Å²) in [6.07, 6.45) is 1.71. The van der Waals surface area contributed by atoms with E-state index in [1.54, 1.807) is 24.3 Å². The van der Waals surface area contributed by atoms with Gasteiger partial charge in [0, 0.05) is 30.4 Å². The van der Waals surface area contributed by atoms with E-state index in [0.717, 1.165) is 12.8 Å². The lowest BCUT2D eigenvalue weighted by Gasteiger charge is -2.28. The summed E-state index contributed by atoms with van der Waals surface area (Å²) in [6, 6.07) is 12.3. The summed E-state index contributed by atoms with van der Waals surface area (Å²) in [7, 11) is 0. The highest BCUT2D eigenvalue weighted by atomic mass is 35.5. The number of hydrogen-bond acceptors (Lipinski definition) is 6. The highest BCUT2D eigenvalue weighted by Crippen LogP contribution is 2.29. The summed E-state index contributed by atoms with van der Waals surface area (Å²) in [4.78, 5) is 26.5. The molecule has 1 aromatic heterocycles. The molecule has 0 unspecified atom stereocenters. The normalized spacial score (nSPS) is 14.5. The van der Waals surface area contributed by atoms with Gasteiger partial charge >= 0.3 is 11.9 Å². The minimum Gasteiger partial charge on any atom is -0.489 e. The molecule has 0 atom stereocenters. The minimum absolute atomic E-state index is 0.00451. The molecule has 1 aliphatic rings. The Labute approximate surface area is 211 Å². The highest BCUT2D eigenvalue weighted by molar-refractivity contribution is 6.36. The van der Waals surface area contributed by atoms with Crippen LogP contribution in [-0.4, -0.2) is 46.3 Å². The van der Waals surface area contributed by atoms with Crippen molar-refractivity contribution < 1.29 is 23.2 Å². The Kier molecular flexibility index (Phi) is 7.49. The molecule has 0 bridgehead atoms. The predicted octanol–water partition coefficient (Wildman–Crippen LogP) is 5.11. The molecular weight excluding hydrogens is 496 g/mol. The lowest BCUT2D eigenvalue weighted by Crippen LogP contribution is -2.57. The van der Waals surface area contributed by atoms with Gasteiger partial charge in [-0.3, -0.25) is 5.32 Å². The molecule has 0 spiro atoms. The molecule has 1 fully saturated rings. The molecule has 3 amide bonds. The second-order valence-electron chi connectivity index (χ2n) is 8.12. The van der Waals surface area contributed by atoms with E-state index in [9.17, 15) is 14.0 Å². The number of hydrogen-bond donors (Lipinski definition) is 2. The molecule has 8 nitrogen and oxygen atoms in total. The third-order valence-corrected chi connectivity index (χ3v) is 6.66. The van der Waals surface area contributed by atoms with Gasteiger partial charge in [0.15, 0.2) is 17.4 Å². The average Bonchev–Trinajstić information content (AvgIpc) is 3.37. The van der Waals surface area contributed by atoms with Crippen molar-refractivity contribution in [1.82, 2.24) is 10.2 Å². The Balaban J connectivity index is 1.48. The molecule has 4 rings (SSSR count). The molecule has 2 aromatic carbocycles. The molecule has 3 aromatic rings. The van der Waals surface area contributed by atoms with Gasteiger partial charge in [0.25, 0.3) is 0 Å². The van der Waals surface area contributed by atoms with E-state index in [0.29, 0.717) is 29.2 Å². The van der Waals surface area contributed by atoms with E-state index in [-0.39, 0.29) is 45.8 Å². The number of ether oxygens (including phenoxy) is 1. The van der Waals surface area contributed by atoms with Crippen molar-refractivity contribution in [1.29, 1.82) is 0 Å². The standard InChI is InChI=1S/C24H22Cl2FN5O3/c25-17-8-9-18(27)21(26)16(17)10-13-35-19-14-20(30-31-22(19)28)29-24(34)32(11-4-5-12-32)23(33)15-6-2-1-3-7-15/h1-3,6-9,14H,4-5,10-13H2,(H2-,28,29,30,31,34)/p+1. The zero-order valence-corrected chi connectivity index (χ0v) is 20.2. The molecule has 0 saturated carbocycles. The van der Waals surface area contributed by atoms with Gasteiger partial charge in [0.2, 0.25) is 0 Å². The van der Waals surface area contributed by atoms with Crippen LogP contribution in [0.2, 0.25) is 10.0 Å². The highest BCUT2D eigenvalue weighted by Gasteiger charge is 2.48. The summed E-state index contributed by atoms with van der Waals surface area (Å²) >= 11 is 12.1. The fraction of sp³-hybridized carbons (Fsp3) is 0.250. The van der Waals surface area contributed by atoms with E-state index in [1.807, 2.05) is 6.07 Å². The van der Waals surface area contributed by atoms with E-state index in [1.165, 1.54) is 18.2 Å². The monoisotopic (exact) mass is 518 g/mol. The number of anilines is 2. The molecule has 182 valence electrons. The Morgan fingerprint density at radius 1 is 1.09 bits per heavy atom. The van der Waals surface area contributed by atoms with Gasteiger partial charge in [-0.1, -0.05) is 41.4 Å². The van der Waals surface area contributed by atoms with E-state index in [2.05, 4.69) is 15.5 Å². The van der Waals surface area contributed by atoms with E-state index < -0.39 is 11.8 Å². The van der Waals surface area contributed by atoms with Crippen molar-refractivity contribution in [2.45, 2.75) is 19.3 Å². The lowest BCUT2D eigenvalue weighted by molar-refractivity contribution is -0.750. The van der Waals surface area contributed by atoms with Crippen LogP contribution in [0.25, 0.3) is 0 Å². The molecule has 3 N–H and O–H groups in total. The van der Waals surface area contributed by atoms with E-state index in [4.69, 9.17) is 33.7 Å². The number of imide groups is 1. The van der Waals surface area contributed by atoms with Crippen LogP contribution < -0.4 is 15.8 Å². The van der Waals surface area contributed by atoms with Gasteiger partial charge in [-0.15, -0.1) is 10.2 Å². The Bertz CT molecular complexity index is 1250. The first-order chi connectivity index (χ1) is 16.8.